The van der Waals surface area contributed by atoms with E-state index in [1.54, 1.807) is 0 Å². The number of rotatable bonds is 6. The fourth-order valence-corrected chi connectivity index (χ4v) is 2.86. The largest absolute Gasteiger partial charge is 0.376 e. The van der Waals surface area contributed by atoms with Gasteiger partial charge >= 0.3 is 0 Å². The van der Waals surface area contributed by atoms with Gasteiger partial charge < -0.3 is 9.84 Å². The number of hydrogen-bond acceptors (Lipinski definition) is 4. The SMILES string of the molecule is c1ccc(Cc2ccccc2NCc2nc(-c3ccccc3)no2)cc1. The van der Waals surface area contributed by atoms with Crippen molar-refractivity contribution in [2.75, 3.05) is 5.32 Å². The van der Waals surface area contributed by atoms with E-state index in [9.17, 15) is 0 Å². The Morgan fingerprint density at radius 1 is 0.769 bits per heavy atom. The molecule has 4 aromatic rings. The van der Waals surface area contributed by atoms with Crippen LogP contribution in [0, 0.1) is 0 Å². The predicted molar refractivity (Wildman–Crippen MR) is 103 cm³/mol. The molecular weight excluding hydrogens is 322 g/mol. The van der Waals surface area contributed by atoms with Crippen LogP contribution in [-0.2, 0) is 13.0 Å². The number of para-hydroxylation sites is 1. The summed E-state index contributed by atoms with van der Waals surface area (Å²) in [6, 6.07) is 28.6. The molecule has 0 spiro atoms. The highest BCUT2D eigenvalue weighted by Gasteiger charge is 2.09. The zero-order valence-corrected chi connectivity index (χ0v) is 14.3. The highest BCUT2D eigenvalue weighted by Crippen LogP contribution is 2.20. The van der Waals surface area contributed by atoms with Gasteiger partial charge in [0.25, 0.3) is 0 Å². The lowest BCUT2D eigenvalue weighted by Crippen LogP contribution is -2.03. The topological polar surface area (TPSA) is 51.0 Å². The third-order valence-corrected chi connectivity index (χ3v) is 4.18. The number of benzene rings is 3. The van der Waals surface area contributed by atoms with Crippen LogP contribution in [0.3, 0.4) is 0 Å². The van der Waals surface area contributed by atoms with Crippen LogP contribution in [0.4, 0.5) is 5.69 Å². The number of hydrogen-bond donors (Lipinski definition) is 1. The normalized spacial score (nSPS) is 10.6. The van der Waals surface area contributed by atoms with E-state index in [0.29, 0.717) is 18.3 Å². The second-order valence-electron chi connectivity index (χ2n) is 6.05. The number of nitrogens with one attached hydrogen (secondary N) is 1. The zero-order valence-electron chi connectivity index (χ0n) is 14.3. The van der Waals surface area contributed by atoms with E-state index in [0.717, 1.165) is 17.7 Å². The molecule has 4 heteroatoms. The van der Waals surface area contributed by atoms with Crippen LogP contribution in [0.1, 0.15) is 17.0 Å². The summed E-state index contributed by atoms with van der Waals surface area (Å²) in [6.45, 7) is 0.492. The van der Waals surface area contributed by atoms with E-state index in [1.807, 2.05) is 42.5 Å². The minimum absolute atomic E-state index is 0.492. The molecule has 1 N–H and O–H groups in total. The number of anilines is 1. The molecule has 3 aromatic carbocycles. The molecule has 0 fully saturated rings. The first-order chi connectivity index (χ1) is 12.9. The average Bonchev–Trinajstić information content (AvgIpc) is 3.18. The van der Waals surface area contributed by atoms with Crippen LogP contribution in [0.5, 0.6) is 0 Å². The Kier molecular flexibility index (Phi) is 4.74. The maximum absolute atomic E-state index is 5.38. The van der Waals surface area contributed by atoms with Crippen LogP contribution < -0.4 is 5.32 Å². The summed E-state index contributed by atoms with van der Waals surface area (Å²) < 4.78 is 5.38. The molecule has 1 heterocycles. The molecule has 0 aliphatic carbocycles. The van der Waals surface area contributed by atoms with Gasteiger partial charge in [-0.2, -0.15) is 4.98 Å². The first kappa shape index (κ1) is 16.1. The molecule has 0 radical (unpaired) electrons. The molecule has 4 nitrogen and oxygen atoms in total. The zero-order chi connectivity index (χ0) is 17.6. The molecule has 0 bridgehead atoms. The van der Waals surface area contributed by atoms with Gasteiger partial charge in [-0.3, -0.25) is 0 Å². The molecule has 0 amide bonds. The third-order valence-electron chi connectivity index (χ3n) is 4.18. The standard InChI is InChI=1S/C22H19N3O/c1-3-9-17(10-4-1)15-19-13-7-8-14-20(19)23-16-21-24-22(25-26-21)18-11-5-2-6-12-18/h1-14,23H,15-16H2. The van der Waals surface area contributed by atoms with E-state index in [2.05, 4.69) is 57.9 Å². The van der Waals surface area contributed by atoms with Gasteiger partial charge in [-0.05, 0) is 23.6 Å². The Hall–Kier alpha value is -3.40. The Labute approximate surface area is 152 Å². The molecular formula is C22H19N3O. The maximum Gasteiger partial charge on any atom is 0.246 e. The Morgan fingerprint density at radius 2 is 1.46 bits per heavy atom. The van der Waals surface area contributed by atoms with Crippen molar-refractivity contribution in [3.05, 3.63) is 102 Å². The van der Waals surface area contributed by atoms with Crippen molar-refractivity contribution >= 4 is 5.69 Å². The minimum Gasteiger partial charge on any atom is -0.376 e. The van der Waals surface area contributed by atoms with Gasteiger partial charge in [0.1, 0.15) is 0 Å². The van der Waals surface area contributed by atoms with Gasteiger partial charge in [0.15, 0.2) is 0 Å². The first-order valence-electron chi connectivity index (χ1n) is 8.62. The quantitative estimate of drug-likeness (QED) is 0.540. The minimum atomic E-state index is 0.492. The van der Waals surface area contributed by atoms with E-state index < -0.39 is 0 Å². The lowest BCUT2D eigenvalue weighted by molar-refractivity contribution is 0.384. The molecule has 0 saturated carbocycles. The van der Waals surface area contributed by atoms with Crippen molar-refractivity contribution in [1.29, 1.82) is 0 Å². The smallest absolute Gasteiger partial charge is 0.246 e. The summed E-state index contributed by atoms with van der Waals surface area (Å²) in [4.78, 5) is 4.47. The Bertz CT molecular complexity index is 965. The van der Waals surface area contributed by atoms with Gasteiger partial charge in [0.2, 0.25) is 11.7 Å². The second kappa shape index (κ2) is 7.66. The first-order valence-corrected chi connectivity index (χ1v) is 8.62. The van der Waals surface area contributed by atoms with Crippen molar-refractivity contribution in [2.24, 2.45) is 0 Å². The molecule has 0 saturated heterocycles. The fourth-order valence-electron chi connectivity index (χ4n) is 2.86. The van der Waals surface area contributed by atoms with E-state index in [4.69, 9.17) is 4.52 Å². The summed E-state index contributed by atoms with van der Waals surface area (Å²) >= 11 is 0. The summed E-state index contributed by atoms with van der Waals surface area (Å²) in [7, 11) is 0. The lowest BCUT2D eigenvalue weighted by Gasteiger charge is -2.10. The monoisotopic (exact) mass is 341 g/mol. The Balaban J connectivity index is 1.46. The van der Waals surface area contributed by atoms with Gasteiger partial charge in [-0.15, -0.1) is 0 Å². The summed E-state index contributed by atoms with van der Waals surface area (Å²) in [5.41, 5.74) is 4.55. The molecule has 128 valence electrons. The Morgan fingerprint density at radius 3 is 2.27 bits per heavy atom. The lowest BCUT2D eigenvalue weighted by atomic mass is 10.0. The van der Waals surface area contributed by atoms with Crippen molar-refractivity contribution < 1.29 is 4.52 Å². The van der Waals surface area contributed by atoms with Crippen molar-refractivity contribution in [2.45, 2.75) is 13.0 Å². The van der Waals surface area contributed by atoms with Gasteiger partial charge in [0.05, 0.1) is 6.54 Å². The highest BCUT2D eigenvalue weighted by atomic mass is 16.5. The molecule has 1 aromatic heterocycles. The number of aromatic nitrogens is 2. The van der Waals surface area contributed by atoms with E-state index in [-0.39, 0.29) is 0 Å². The maximum atomic E-state index is 5.38. The fraction of sp³-hybridized carbons (Fsp3) is 0.0909. The van der Waals surface area contributed by atoms with Crippen LogP contribution in [0.15, 0.2) is 89.5 Å². The van der Waals surface area contributed by atoms with Crippen LogP contribution in [0.2, 0.25) is 0 Å². The average molecular weight is 341 g/mol. The van der Waals surface area contributed by atoms with Gasteiger partial charge in [-0.25, -0.2) is 0 Å². The van der Waals surface area contributed by atoms with Crippen LogP contribution >= 0.6 is 0 Å². The van der Waals surface area contributed by atoms with E-state index in [1.165, 1.54) is 11.1 Å². The molecule has 0 atom stereocenters. The van der Waals surface area contributed by atoms with Crippen molar-refractivity contribution in [3.63, 3.8) is 0 Å². The third kappa shape index (κ3) is 3.81. The van der Waals surface area contributed by atoms with Crippen molar-refractivity contribution in [1.82, 2.24) is 10.1 Å². The van der Waals surface area contributed by atoms with Crippen molar-refractivity contribution in [3.8, 4) is 11.4 Å². The predicted octanol–water partition coefficient (Wildman–Crippen LogP) is 4.94. The molecule has 0 unspecified atom stereocenters. The highest BCUT2D eigenvalue weighted by molar-refractivity contribution is 5.54. The molecule has 0 aliphatic heterocycles. The summed E-state index contributed by atoms with van der Waals surface area (Å²) in [6.07, 6.45) is 0.878. The molecule has 26 heavy (non-hydrogen) atoms. The van der Waals surface area contributed by atoms with Crippen LogP contribution in [0.25, 0.3) is 11.4 Å². The molecule has 0 aliphatic rings. The molecule has 4 rings (SSSR count). The summed E-state index contributed by atoms with van der Waals surface area (Å²) in [5.74, 6) is 1.18. The summed E-state index contributed by atoms with van der Waals surface area (Å²) in [5, 5.41) is 7.48. The second-order valence-corrected chi connectivity index (χ2v) is 6.05. The van der Waals surface area contributed by atoms with Crippen LogP contribution in [-0.4, -0.2) is 10.1 Å². The van der Waals surface area contributed by atoms with Gasteiger partial charge in [-0.1, -0.05) is 84.0 Å². The number of nitrogens with zero attached hydrogens (tertiary/aromatic N) is 2. The van der Waals surface area contributed by atoms with Gasteiger partial charge in [0, 0.05) is 11.3 Å². The van der Waals surface area contributed by atoms with E-state index >= 15 is 0 Å².